The minimum absolute atomic E-state index is 0.125. The lowest BCUT2D eigenvalue weighted by Crippen LogP contribution is -2.08. The smallest absolute Gasteiger partial charge is 0.222 e. The van der Waals surface area contributed by atoms with E-state index < -0.39 is 11.6 Å². The van der Waals surface area contributed by atoms with Crippen molar-refractivity contribution in [3.05, 3.63) is 78.1 Å². The van der Waals surface area contributed by atoms with Gasteiger partial charge in [0.05, 0.1) is 31.5 Å². The Kier molecular flexibility index (Phi) is 8.51. The first-order chi connectivity index (χ1) is 20.4. The third-order valence-corrected chi connectivity index (χ3v) is 6.15. The average Bonchev–Trinajstić information content (AvgIpc) is 3.33. The maximum Gasteiger partial charge on any atom is 0.222 e. The predicted octanol–water partition coefficient (Wildman–Crippen LogP) is 6.10. The van der Waals surface area contributed by atoms with E-state index in [1.807, 2.05) is 31.2 Å². The molecule has 0 aliphatic heterocycles. The van der Waals surface area contributed by atoms with Crippen molar-refractivity contribution in [2.24, 2.45) is 0 Å². The number of anilines is 3. The van der Waals surface area contributed by atoms with Gasteiger partial charge in [0.2, 0.25) is 5.91 Å². The van der Waals surface area contributed by atoms with Gasteiger partial charge in [-0.05, 0) is 25.5 Å². The Labute approximate surface area is 240 Å². The fraction of sp³-hybridized carbons (Fsp3) is 0.233. The number of nitrogens with zero attached hydrogens (tertiary/aromatic N) is 5. The molecule has 2 aromatic carbocycles. The van der Waals surface area contributed by atoms with Crippen molar-refractivity contribution in [2.45, 2.75) is 33.7 Å². The Morgan fingerprint density at radius 3 is 2.55 bits per heavy atom. The summed E-state index contributed by atoms with van der Waals surface area (Å²) in [5, 5.41) is 11.3. The summed E-state index contributed by atoms with van der Waals surface area (Å²) in [6, 6.07) is 13.0. The number of halogens is 2. The van der Waals surface area contributed by atoms with Crippen LogP contribution in [-0.4, -0.2) is 43.9 Å². The van der Waals surface area contributed by atoms with E-state index in [1.165, 1.54) is 23.7 Å². The Bertz CT molecular complexity index is 1720. The van der Waals surface area contributed by atoms with Crippen LogP contribution < -0.4 is 20.1 Å². The minimum Gasteiger partial charge on any atom is -0.494 e. The van der Waals surface area contributed by atoms with Crippen LogP contribution in [0.2, 0.25) is 0 Å². The molecular weight excluding hydrogens is 544 g/mol. The fourth-order valence-electron chi connectivity index (χ4n) is 4.33. The number of nitrogens with one attached hydrogen (secondary N) is 2. The molecule has 1 amide bonds. The highest BCUT2D eigenvalue weighted by Crippen LogP contribution is 2.32. The molecular formula is C30H29F2N7O3. The first kappa shape index (κ1) is 28.4. The number of aromatic nitrogens is 5. The Morgan fingerprint density at radius 2 is 1.81 bits per heavy atom. The molecule has 5 aromatic rings. The van der Waals surface area contributed by atoms with Crippen LogP contribution in [0.3, 0.4) is 0 Å². The first-order valence-electron chi connectivity index (χ1n) is 13.4. The van der Waals surface area contributed by atoms with Gasteiger partial charge in [0.15, 0.2) is 17.4 Å². The summed E-state index contributed by atoms with van der Waals surface area (Å²) in [4.78, 5) is 24.9. The molecule has 10 nitrogen and oxygen atoms in total. The Hall–Kier alpha value is -5.13. The van der Waals surface area contributed by atoms with E-state index in [9.17, 15) is 13.6 Å². The molecule has 0 spiro atoms. The van der Waals surface area contributed by atoms with Gasteiger partial charge in [-0.2, -0.15) is 5.10 Å². The van der Waals surface area contributed by atoms with Crippen LogP contribution in [0.1, 0.15) is 32.8 Å². The van der Waals surface area contributed by atoms with E-state index in [0.29, 0.717) is 52.9 Å². The number of para-hydroxylation sites is 1. The van der Waals surface area contributed by atoms with Gasteiger partial charge in [-0.1, -0.05) is 25.1 Å². The van der Waals surface area contributed by atoms with Gasteiger partial charge in [-0.15, -0.1) is 0 Å². The molecule has 0 aliphatic carbocycles. The Balaban J connectivity index is 1.54. The number of pyridine rings is 1. The van der Waals surface area contributed by atoms with Gasteiger partial charge in [-0.3, -0.25) is 9.48 Å². The van der Waals surface area contributed by atoms with Gasteiger partial charge in [0.1, 0.15) is 28.9 Å². The summed E-state index contributed by atoms with van der Waals surface area (Å²) in [5.74, 6) is -0.137. The zero-order valence-corrected chi connectivity index (χ0v) is 23.3. The number of hydrogen-bond acceptors (Lipinski definition) is 8. The van der Waals surface area contributed by atoms with E-state index in [1.54, 1.807) is 31.5 Å². The topological polar surface area (TPSA) is 116 Å². The lowest BCUT2D eigenvalue weighted by atomic mass is 10.1. The lowest BCUT2D eigenvalue weighted by molar-refractivity contribution is -0.114. The number of fused-ring (bicyclic) bond motifs is 1. The summed E-state index contributed by atoms with van der Waals surface area (Å²) >= 11 is 0. The standard InChI is InChI=1S/C30H29F2N7O3/c1-4-12-42-26-16-34-30(37-29(26)36-19-10-11-33-27(13-19)35-18(3)40)28-21-8-6-7-9-25(21)39(38-28)17-22-23(31)14-20(41-5-2)15-24(22)32/h6-11,13-16H,4-5,12,17H2,1-3H3,(H2,33,34,35,36,37,40). The van der Waals surface area contributed by atoms with E-state index in [4.69, 9.17) is 14.5 Å². The second kappa shape index (κ2) is 12.6. The maximum absolute atomic E-state index is 14.9. The molecule has 5 rings (SSSR count). The monoisotopic (exact) mass is 573 g/mol. The van der Waals surface area contributed by atoms with Crippen LogP contribution in [0, 0.1) is 11.6 Å². The van der Waals surface area contributed by atoms with Crippen LogP contribution in [-0.2, 0) is 11.3 Å². The molecule has 0 radical (unpaired) electrons. The van der Waals surface area contributed by atoms with Crippen molar-refractivity contribution in [2.75, 3.05) is 23.8 Å². The zero-order valence-electron chi connectivity index (χ0n) is 23.3. The summed E-state index contributed by atoms with van der Waals surface area (Å²) in [5.41, 5.74) is 1.55. The molecule has 12 heteroatoms. The predicted molar refractivity (Wildman–Crippen MR) is 155 cm³/mol. The van der Waals surface area contributed by atoms with Gasteiger partial charge in [-0.25, -0.2) is 23.7 Å². The summed E-state index contributed by atoms with van der Waals surface area (Å²) in [6.45, 7) is 5.71. The molecule has 0 unspecified atom stereocenters. The maximum atomic E-state index is 14.9. The van der Waals surface area contributed by atoms with Crippen LogP contribution >= 0.6 is 0 Å². The van der Waals surface area contributed by atoms with Crippen molar-refractivity contribution in [1.29, 1.82) is 0 Å². The molecule has 0 aliphatic rings. The minimum atomic E-state index is -0.726. The molecule has 0 fully saturated rings. The van der Waals surface area contributed by atoms with Crippen LogP contribution in [0.25, 0.3) is 22.4 Å². The zero-order chi connectivity index (χ0) is 29.6. The number of ether oxygens (including phenoxy) is 2. The Morgan fingerprint density at radius 1 is 1.02 bits per heavy atom. The summed E-state index contributed by atoms with van der Waals surface area (Å²) in [7, 11) is 0. The lowest BCUT2D eigenvalue weighted by Gasteiger charge is -2.13. The van der Waals surface area contributed by atoms with Crippen molar-refractivity contribution in [3.63, 3.8) is 0 Å². The van der Waals surface area contributed by atoms with Crippen molar-refractivity contribution in [1.82, 2.24) is 24.7 Å². The van der Waals surface area contributed by atoms with Crippen molar-refractivity contribution >= 4 is 34.1 Å². The SMILES string of the molecule is CCCOc1cnc(-c2nn(Cc3c(F)cc(OCC)cc3F)c3ccccc23)nc1Nc1ccnc(NC(C)=O)c1. The van der Waals surface area contributed by atoms with Gasteiger partial charge in [0, 0.05) is 48.0 Å². The molecule has 216 valence electrons. The third kappa shape index (κ3) is 6.27. The van der Waals surface area contributed by atoms with Gasteiger partial charge >= 0.3 is 0 Å². The molecule has 0 atom stereocenters. The van der Waals surface area contributed by atoms with Gasteiger partial charge < -0.3 is 20.1 Å². The van der Waals surface area contributed by atoms with Crippen LogP contribution in [0.4, 0.5) is 26.1 Å². The van der Waals surface area contributed by atoms with Gasteiger partial charge in [0.25, 0.3) is 0 Å². The average molecular weight is 574 g/mol. The largest absolute Gasteiger partial charge is 0.494 e. The molecule has 2 N–H and O–H groups in total. The van der Waals surface area contributed by atoms with Crippen LogP contribution in [0.5, 0.6) is 11.5 Å². The number of benzene rings is 2. The fourth-order valence-corrected chi connectivity index (χ4v) is 4.33. The quantitative estimate of drug-likeness (QED) is 0.195. The number of rotatable bonds is 11. The third-order valence-electron chi connectivity index (χ3n) is 6.15. The first-order valence-corrected chi connectivity index (χ1v) is 13.4. The number of hydrogen-bond donors (Lipinski definition) is 2. The highest BCUT2D eigenvalue weighted by molar-refractivity contribution is 5.92. The molecule has 0 saturated carbocycles. The number of amides is 1. The molecule has 0 bridgehead atoms. The van der Waals surface area contributed by atoms with E-state index >= 15 is 0 Å². The molecule has 0 saturated heterocycles. The van der Waals surface area contributed by atoms with Crippen molar-refractivity contribution in [3.8, 4) is 23.0 Å². The van der Waals surface area contributed by atoms with E-state index in [-0.39, 0.29) is 29.6 Å². The van der Waals surface area contributed by atoms with E-state index in [0.717, 1.165) is 6.42 Å². The highest BCUT2D eigenvalue weighted by atomic mass is 19.1. The second-order valence-electron chi connectivity index (χ2n) is 9.31. The molecule has 3 heterocycles. The molecule has 3 aromatic heterocycles. The number of carbonyl (C=O) groups excluding carboxylic acids is 1. The summed E-state index contributed by atoms with van der Waals surface area (Å²) < 4.78 is 42.5. The second-order valence-corrected chi connectivity index (χ2v) is 9.31. The molecule has 42 heavy (non-hydrogen) atoms. The van der Waals surface area contributed by atoms with Crippen molar-refractivity contribution < 1.29 is 23.0 Å². The normalized spacial score (nSPS) is 11.0. The van der Waals surface area contributed by atoms with E-state index in [2.05, 4.69) is 25.7 Å². The number of carbonyl (C=O) groups is 1. The van der Waals surface area contributed by atoms with Crippen LogP contribution in [0.15, 0.2) is 60.9 Å². The summed E-state index contributed by atoms with van der Waals surface area (Å²) in [6.07, 6.45) is 3.88. The highest BCUT2D eigenvalue weighted by Gasteiger charge is 2.20.